The van der Waals surface area contributed by atoms with E-state index in [1.54, 1.807) is 12.1 Å². The summed E-state index contributed by atoms with van der Waals surface area (Å²) in [5, 5.41) is 21.5. The van der Waals surface area contributed by atoms with Gasteiger partial charge in [0.15, 0.2) is 17.2 Å². The molecule has 1 aromatic heterocycles. The summed E-state index contributed by atoms with van der Waals surface area (Å²) in [5.41, 5.74) is 0.997. The summed E-state index contributed by atoms with van der Waals surface area (Å²) in [6.07, 6.45) is 0. The maximum absolute atomic E-state index is 8.92. The summed E-state index contributed by atoms with van der Waals surface area (Å²) in [7, 11) is 0. The number of nitrogens with zero attached hydrogens (tertiary/aromatic N) is 4. The standard InChI is InChI=1S/C13H7BrClN5/c14-12-13(20-11(6-17)10(5-16)19-12)18-7-8-1-3-9(15)4-2-8/h1-4H,7H2,(H,18,20). The lowest BCUT2D eigenvalue weighted by Crippen LogP contribution is -2.06. The van der Waals surface area contributed by atoms with Gasteiger partial charge in [-0.3, -0.25) is 0 Å². The molecule has 0 amide bonds. The van der Waals surface area contributed by atoms with Crippen molar-refractivity contribution in [2.45, 2.75) is 6.54 Å². The van der Waals surface area contributed by atoms with Gasteiger partial charge in [0.05, 0.1) is 0 Å². The summed E-state index contributed by atoms with van der Waals surface area (Å²) in [6, 6.07) is 11.0. The van der Waals surface area contributed by atoms with E-state index in [9.17, 15) is 0 Å². The Morgan fingerprint density at radius 3 is 2.30 bits per heavy atom. The predicted octanol–water partition coefficient (Wildman–Crippen LogP) is 3.25. The van der Waals surface area contributed by atoms with Crippen LogP contribution < -0.4 is 5.32 Å². The minimum Gasteiger partial charge on any atom is -0.364 e. The highest BCUT2D eigenvalue weighted by Gasteiger charge is 2.11. The van der Waals surface area contributed by atoms with E-state index in [-0.39, 0.29) is 11.4 Å². The fourth-order valence-electron chi connectivity index (χ4n) is 1.47. The molecule has 0 radical (unpaired) electrons. The largest absolute Gasteiger partial charge is 0.364 e. The molecule has 0 aliphatic carbocycles. The van der Waals surface area contributed by atoms with Gasteiger partial charge in [-0.15, -0.1) is 0 Å². The molecule has 2 aromatic rings. The molecule has 5 nitrogen and oxygen atoms in total. The molecule has 1 aromatic carbocycles. The highest BCUT2D eigenvalue weighted by atomic mass is 79.9. The quantitative estimate of drug-likeness (QED) is 0.920. The van der Waals surface area contributed by atoms with Gasteiger partial charge in [0, 0.05) is 11.6 Å². The van der Waals surface area contributed by atoms with E-state index in [2.05, 4.69) is 31.2 Å². The fourth-order valence-corrected chi connectivity index (χ4v) is 2.00. The molecule has 0 fully saturated rings. The summed E-state index contributed by atoms with van der Waals surface area (Å²) in [4.78, 5) is 8.04. The lowest BCUT2D eigenvalue weighted by atomic mass is 10.2. The van der Waals surface area contributed by atoms with E-state index >= 15 is 0 Å². The van der Waals surface area contributed by atoms with Gasteiger partial charge < -0.3 is 5.32 Å². The molecule has 0 saturated heterocycles. The molecule has 0 atom stereocenters. The number of hydrogen-bond acceptors (Lipinski definition) is 5. The van der Waals surface area contributed by atoms with Crippen molar-refractivity contribution in [3.63, 3.8) is 0 Å². The van der Waals surface area contributed by atoms with Crippen LogP contribution in [0.5, 0.6) is 0 Å². The van der Waals surface area contributed by atoms with Crippen molar-refractivity contribution >= 4 is 33.3 Å². The molecule has 20 heavy (non-hydrogen) atoms. The van der Waals surface area contributed by atoms with Crippen molar-refractivity contribution < 1.29 is 0 Å². The van der Waals surface area contributed by atoms with E-state index in [1.807, 2.05) is 24.3 Å². The first-order valence-corrected chi connectivity index (χ1v) is 6.67. The molecule has 1 heterocycles. The highest BCUT2D eigenvalue weighted by molar-refractivity contribution is 9.10. The zero-order chi connectivity index (χ0) is 14.5. The number of aromatic nitrogens is 2. The number of halogens is 2. The second-order valence-corrected chi connectivity index (χ2v) is 4.95. The molecule has 7 heteroatoms. The van der Waals surface area contributed by atoms with Gasteiger partial charge in [0.2, 0.25) is 0 Å². The second kappa shape index (κ2) is 6.33. The molecule has 0 aliphatic heterocycles. The lowest BCUT2D eigenvalue weighted by molar-refractivity contribution is 1.04. The number of rotatable bonds is 3. The third-order valence-corrected chi connectivity index (χ3v) is 3.24. The maximum atomic E-state index is 8.92. The fraction of sp³-hybridized carbons (Fsp3) is 0.0769. The lowest BCUT2D eigenvalue weighted by Gasteiger charge is -2.08. The van der Waals surface area contributed by atoms with Gasteiger partial charge in [0.25, 0.3) is 0 Å². The van der Waals surface area contributed by atoms with E-state index < -0.39 is 0 Å². The third-order valence-electron chi connectivity index (χ3n) is 2.44. The zero-order valence-corrected chi connectivity index (χ0v) is 12.4. The SMILES string of the molecule is N#Cc1nc(Br)c(NCc2ccc(Cl)cc2)nc1C#N. The van der Waals surface area contributed by atoms with E-state index in [0.717, 1.165) is 5.56 Å². The molecule has 0 saturated carbocycles. The van der Waals surface area contributed by atoms with Crippen LogP contribution in [0.4, 0.5) is 5.82 Å². The average Bonchev–Trinajstić information content (AvgIpc) is 2.47. The minimum atomic E-state index is -0.00527. The van der Waals surface area contributed by atoms with Crippen molar-refractivity contribution in [2.75, 3.05) is 5.32 Å². The maximum Gasteiger partial charge on any atom is 0.179 e. The molecule has 0 aliphatic rings. The topological polar surface area (TPSA) is 85.4 Å². The molecule has 98 valence electrons. The van der Waals surface area contributed by atoms with Crippen LogP contribution in [0.2, 0.25) is 5.02 Å². The number of anilines is 1. The first-order chi connectivity index (χ1) is 9.63. The Morgan fingerprint density at radius 1 is 1.10 bits per heavy atom. The van der Waals surface area contributed by atoms with Gasteiger partial charge in [-0.05, 0) is 33.6 Å². The van der Waals surface area contributed by atoms with Gasteiger partial charge in [-0.2, -0.15) is 10.5 Å². The minimum absolute atomic E-state index is 0.00332. The molecule has 0 bridgehead atoms. The molecule has 1 N–H and O–H groups in total. The van der Waals surface area contributed by atoms with Crippen LogP contribution in [0.15, 0.2) is 28.9 Å². The molecule has 0 unspecified atom stereocenters. The Hall–Kier alpha value is -2.15. The van der Waals surface area contributed by atoms with Crippen molar-refractivity contribution in [3.8, 4) is 12.1 Å². The van der Waals surface area contributed by atoms with Crippen LogP contribution in [0, 0.1) is 22.7 Å². The van der Waals surface area contributed by atoms with Crippen LogP contribution >= 0.6 is 27.5 Å². The smallest absolute Gasteiger partial charge is 0.179 e. The third kappa shape index (κ3) is 3.24. The van der Waals surface area contributed by atoms with Crippen LogP contribution in [0.1, 0.15) is 17.0 Å². The predicted molar refractivity (Wildman–Crippen MR) is 77.9 cm³/mol. The average molecular weight is 349 g/mol. The monoisotopic (exact) mass is 347 g/mol. The summed E-state index contributed by atoms with van der Waals surface area (Å²) in [5.74, 6) is 0.413. The normalized spacial score (nSPS) is 9.60. The summed E-state index contributed by atoms with van der Waals surface area (Å²) in [6.45, 7) is 0.501. The zero-order valence-electron chi connectivity index (χ0n) is 10.1. The second-order valence-electron chi connectivity index (χ2n) is 3.76. The van der Waals surface area contributed by atoms with E-state index in [0.29, 0.717) is 22.0 Å². The van der Waals surface area contributed by atoms with Crippen molar-refractivity contribution in [1.82, 2.24) is 9.97 Å². The molecule has 0 spiro atoms. The van der Waals surface area contributed by atoms with Crippen molar-refractivity contribution in [2.24, 2.45) is 0 Å². The van der Waals surface area contributed by atoms with Gasteiger partial charge in [-0.1, -0.05) is 23.7 Å². The van der Waals surface area contributed by atoms with Gasteiger partial charge in [-0.25, -0.2) is 9.97 Å². The summed E-state index contributed by atoms with van der Waals surface area (Å²) >= 11 is 9.03. The highest BCUT2D eigenvalue weighted by Crippen LogP contribution is 2.20. The Morgan fingerprint density at radius 2 is 1.70 bits per heavy atom. The number of nitriles is 2. The van der Waals surface area contributed by atoms with Gasteiger partial charge in [0.1, 0.15) is 16.7 Å². The molecule has 2 rings (SSSR count). The number of benzene rings is 1. The van der Waals surface area contributed by atoms with Crippen molar-refractivity contribution in [3.05, 3.63) is 50.8 Å². The van der Waals surface area contributed by atoms with E-state index in [4.69, 9.17) is 22.1 Å². The Bertz CT molecular complexity index is 715. The van der Waals surface area contributed by atoms with Crippen LogP contribution in [-0.4, -0.2) is 9.97 Å². The van der Waals surface area contributed by atoms with E-state index in [1.165, 1.54) is 0 Å². The van der Waals surface area contributed by atoms with Gasteiger partial charge >= 0.3 is 0 Å². The molecular weight excluding hydrogens is 342 g/mol. The molecular formula is C13H7BrClN5. The van der Waals surface area contributed by atoms with Crippen LogP contribution in [0.25, 0.3) is 0 Å². The Balaban J connectivity index is 2.20. The first-order valence-electron chi connectivity index (χ1n) is 5.50. The first kappa shape index (κ1) is 14.3. The van der Waals surface area contributed by atoms with Crippen molar-refractivity contribution in [1.29, 1.82) is 10.5 Å². The Kier molecular flexibility index (Phi) is 4.52. The summed E-state index contributed by atoms with van der Waals surface area (Å²) < 4.78 is 0.391. The Labute approximate surface area is 129 Å². The van der Waals surface area contributed by atoms with Crippen LogP contribution in [0.3, 0.4) is 0 Å². The number of hydrogen-bond donors (Lipinski definition) is 1. The van der Waals surface area contributed by atoms with Crippen LogP contribution in [-0.2, 0) is 6.54 Å². The number of nitrogens with one attached hydrogen (secondary N) is 1.